The van der Waals surface area contributed by atoms with Crippen molar-refractivity contribution in [1.82, 2.24) is 10.6 Å². The Hall–Kier alpha value is -1.76. The highest BCUT2D eigenvalue weighted by Gasteiger charge is 2.49. The van der Waals surface area contributed by atoms with E-state index in [1.807, 2.05) is 0 Å². The molecule has 1 heterocycles. The van der Waals surface area contributed by atoms with Crippen LogP contribution in [-0.2, 0) is 11.3 Å². The maximum atomic E-state index is 14.0. The van der Waals surface area contributed by atoms with Gasteiger partial charge in [-0.2, -0.15) is 8.78 Å². The molecule has 3 rings (SSSR count). The van der Waals surface area contributed by atoms with Crippen LogP contribution in [0.5, 0.6) is 5.75 Å². The molecule has 7 heteroatoms. The minimum atomic E-state index is -3.04. The molecule has 0 spiro atoms. The fraction of sp³-hybridized carbons (Fsp3) is 0.588. The molecule has 2 N–H and O–H groups in total. The molecule has 0 radical (unpaired) electrons. The predicted molar refractivity (Wildman–Crippen MR) is 82.1 cm³/mol. The number of fused-ring (bicyclic) bond motifs is 1. The van der Waals surface area contributed by atoms with Crippen molar-refractivity contribution in [3.05, 3.63) is 29.6 Å². The summed E-state index contributed by atoms with van der Waals surface area (Å²) in [6.07, 6.45) is 3.90. The SMILES string of the molecule is O=C(NCc1c(F)cccc1OC(F)F)[C@@]12CCCC[C@H]1CNC2. The summed E-state index contributed by atoms with van der Waals surface area (Å²) in [5, 5.41) is 6.02. The number of carbonyl (C=O) groups is 1. The number of rotatable bonds is 5. The van der Waals surface area contributed by atoms with Gasteiger partial charge in [0.25, 0.3) is 0 Å². The summed E-state index contributed by atoms with van der Waals surface area (Å²) >= 11 is 0. The van der Waals surface area contributed by atoms with Crippen LogP contribution in [0.4, 0.5) is 13.2 Å². The highest BCUT2D eigenvalue weighted by Crippen LogP contribution is 2.44. The van der Waals surface area contributed by atoms with Crippen LogP contribution in [0.15, 0.2) is 18.2 Å². The van der Waals surface area contributed by atoms with Crippen LogP contribution in [0, 0.1) is 17.2 Å². The molecule has 2 fully saturated rings. The lowest BCUT2D eigenvalue weighted by Crippen LogP contribution is -2.47. The molecule has 0 unspecified atom stereocenters. The van der Waals surface area contributed by atoms with Crippen LogP contribution in [-0.4, -0.2) is 25.6 Å². The number of nitrogens with one attached hydrogen (secondary N) is 2. The van der Waals surface area contributed by atoms with E-state index >= 15 is 0 Å². The van der Waals surface area contributed by atoms with E-state index in [1.165, 1.54) is 18.2 Å². The number of hydrogen-bond donors (Lipinski definition) is 2. The molecule has 1 saturated heterocycles. The summed E-state index contributed by atoms with van der Waals surface area (Å²) < 4.78 is 43.2. The van der Waals surface area contributed by atoms with E-state index in [0.29, 0.717) is 6.54 Å². The Morgan fingerprint density at radius 1 is 1.42 bits per heavy atom. The third kappa shape index (κ3) is 3.22. The standard InChI is InChI=1S/C17H21F3N2O2/c18-13-5-3-6-14(24-16(19)20)12(13)9-22-15(23)17-7-2-1-4-11(17)8-21-10-17/h3,5-6,11,16,21H,1-2,4,7-10H2,(H,22,23)/t11-,17+/m0/s1. The molecule has 2 atom stereocenters. The van der Waals surface area contributed by atoms with Crippen molar-refractivity contribution < 1.29 is 22.7 Å². The van der Waals surface area contributed by atoms with Crippen molar-refractivity contribution in [2.24, 2.45) is 11.3 Å². The Bertz CT molecular complexity index is 611. The van der Waals surface area contributed by atoms with E-state index in [9.17, 15) is 18.0 Å². The van der Waals surface area contributed by atoms with Gasteiger partial charge in [0, 0.05) is 18.7 Å². The Balaban J connectivity index is 1.73. The lowest BCUT2D eigenvalue weighted by Gasteiger charge is -2.37. The van der Waals surface area contributed by atoms with Crippen LogP contribution in [0.25, 0.3) is 0 Å². The zero-order valence-electron chi connectivity index (χ0n) is 13.3. The lowest BCUT2D eigenvalue weighted by atomic mass is 9.67. The minimum absolute atomic E-state index is 0.0548. The number of hydrogen-bond acceptors (Lipinski definition) is 3. The van der Waals surface area contributed by atoms with Gasteiger partial charge in [-0.3, -0.25) is 4.79 Å². The zero-order chi connectivity index (χ0) is 17.2. The first-order chi connectivity index (χ1) is 11.5. The number of amides is 1. The Kier molecular flexibility index (Phi) is 4.99. The van der Waals surface area contributed by atoms with Crippen molar-refractivity contribution in [2.45, 2.75) is 38.8 Å². The first kappa shape index (κ1) is 17.1. The van der Waals surface area contributed by atoms with Gasteiger partial charge in [-0.1, -0.05) is 18.9 Å². The topological polar surface area (TPSA) is 50.4 Å². The maximum Gasteiger partial charge on any atom is 0.387 e. The first-order valence-corrected chi connectivity index (χ1v) is 8.24. The summed E-state index contributed by atoms with van der Waals surface area (Å²) in [5.74, 6) is -0.768. The molecule has 132 valence electrons. The van der Waals surface area contributed by atoms with Crippen LogP contribution in [0.2, 0.25) is 0 Å². The number of benzene rings is 1. The van der Waals surface area contributed by atoms with Crippen molar-refractivity contribution in [2.75, 3.05) is 13.1 Å². The molecule has 24 heavy (non-hydrogen) atoms. The largest absolute Gasteiger partial charge is 0.434 e. The molecule has 0 bridgehead atoms. The van der Waals surface area contributed by atoms with Gasteiger partial charge in [0.2, 0.25) is 5.91 Å². The molecular weight excluding hydrogens is 321 g/mol. The van der Waals surface area contributed by atoms with Crippen LogP contribution < -0.4 is 15.4 Å². The van der Waals surface area contributed by atoms with E-state index in [4.69, 9.17) is 0 Å². The van der Waals surface area contributed by atoms with Gasteiger partial charge in [0.1, 0.15) is 11.6 Å². The zero-order valence-corrected chi connectivity index (χ0v) is 13.3. The number of alkyl halides is 2. The van der Waals surface area contributed by atoms with E-state index in [0.717, 1.165) is 32.2 Å². The molecule has 0 aromatic heterocycles. The highest BCUT2D eigenvalue weighted by molar-refractivity contribution is 5.84. The third-order valence-corrected chi connectivity index (χ3v) is 5.21. The smallest absolute Gasteiger partial charge is 0.387 e. The van der Waals surface area contributed by atoms with Gasteiger partial charge in [0.15, 0.2) is 0 Å². The Morgan fingerprint density at radius 3 is 3.04 bits per heavy atom. The summed E-state index contributed by atoms with van der Waals surface area (Å²) in [4.78, 5) is 12.8. The van der Waals surface area contributed by atoms with Gasteiger partial charge >= 0.3 is 6.61 Å². The van der Waals surface area contributed by atoms with Gasteiger partial charge in [0.05, 0.1) is 5.41 Å². The quantitative estimate of drug-likeness (QED) is 0.865. The van der Waals surface area contributed by atoms with E-state index in [2.05, 4.69) is 15.4 Å². The average molecular weight is 342 g/mol. The lowest BCUT2D eigenvalue weighted by molar-refractivity contribution is -0.134. The summed E-state index contributed by atoms with van der Waals surface area (Å²) in [5.41, 5.74) is -0.520. The van der Waals surface area contributed by atoms with Gasteiger partial charge in [-0.15, -0.1) is 0 Å². The van der Waals surface area contributed by atoms with Crippen molar-refractivity contribution in [1.29, 1.82) is 0 Å². The second kappa shape index (κ2) is 7.01. The third-order valence-electron chi connectivity index (χ3n) is 5.21. The van der Waals surface area contributed by atoms with Crippen molar-refractivity contribution in [3.63, 3.8) is 0 Å². The molecular formula is C17H21F3N2O2. The van der Waals surface area contributed by atoms with Crippen LogP contribution in [0.3, 0.4) is 0 Å². The van der Waals surface area contributed by atoms with Crippen molar-refractivity contribution in [3.8, 4) is 5.75 Å². The van der Waals surface area contributed by atoms with Gasteiger partial charge in [-0.25, -0.2) is 4.39 Å². The molecule has 2 aliphatic rings. The Labute approximate surface area is 138 Å². The van der Waals surface area contributed by atoms with Gasteiger partial charge < -0.3 is 15.4 Å². The normalized spacial score (nSPS) is 26.2. The van der Waals surface area contributed by atoms with E-state index < -0.39 is 17.8 Å². The fourth-order valence-corrected chi connectivity index (χ4v) is 3.95. The fourth-order valence-electron chi connectivity index (χ4n) is 3.95. The number of carbonyl (C=O) groups excluding carboxylic acids is 1. The Morgan fingerprint density at radius 2 is 2.25 bits per heavy atom. The molecule has 4 nitrogen and oxygen atoms in total. The molecule has 1 aliphatic carbocycles. The molecule has 1 aliphatic heterocycles. The predicted octanol–water partition coefficient (Wildman–Crippen LogP) is 2.82. The van der Waals surface area contributed by atoms with E-state index in [1.54, 1.807) is 0 Å². The second-order valence-corrected chi connectivity index (χ2v) is 6.51. The second-order valence-electron chi connectivity index (χ2n) is 6.51. The van der Waals surface area contributed by atoms with Crippen LogP contribution in [0.1, 0.15) is 31.2 Å². The highest BCUT2D eigenvalue weighted by atomic mass is 19.3. The molecule has 1 aromatic rings. The van der Waals surface area contributed by atoms with E-state index in [-0.39, 0.29) is 29.7 Å². The minimum Gasteiger partial charge on any atom is -0.434 e. The van der Waals surface area contributed by atoms with Crippen molar-refractivity contribution >= 4 is 5.91 Å². The maximum absolute atomic E-state index is 14.0. The molecule has 1 aromatic carbocycles. The first-order valence-electron chi connectivity index (χ1n) is 8.24. The molecule has 1 saturated carbocycles. The summed E-state index contributed by atoms with van der Waals surface area (Å²) in [6.45, 7) is -1.78. The summed E-state index contributed by atoms with van der Waals surface area (Å²) in [7, 11) is 0. The monoisotopic (exact) mass is 342 g/mol. The number of ether oxygens (including phenoxy) is 1. The van der Waals surface area contributed by atoms with Gasteiger partial charge in [-0.05, 0) is 37.4 Å². The number of halogens is 3. The molecule has 1 amide bonds. The summed E-state index contributed by atoms with van der Waals surface area (Å²) in [6, 6.07) is 3.74. The average Bonchev–Trinajstić information content (AvgIpc) is 2.98. The van der Waals surface area contributed by atoms with Crippen LogP contribution >= 0.6 is 0 Å².